The monoisotopic (exact) mass is 285 g/mol. The molecule has 0 bridgehead atoms. The number of carboxylic acid groups (broad SMARTS) is 1. The van der Waals surface area contributed by atoms with E-state index in [-0.39, 0.29) is 5.56 Å². The minimum absolute atomic E-state index is 0.214. The Kier molecular flexibility index (Phi) is 6.84. The molecule has 0 aliphatic heterocycles. The van der Waals surface area contributed by atoms with Crippen LogP contribution in [0.3, 0.4) is 0 Å². The first-order valence-electron chi connectivity index (χ1n) is 6.40. The van der Waals surface area contributed by atoms with Crippen LogP contribution in [0.25, 0.3) is 0 Å². The van der Waals surface area contributed by atoms with Crippen molar-refractivity contribution in [1.82, 2.24) is 4.90 Å². The number of nitrogens with zero attached hydrogens (tertiary/aromatic N) is 1. The highest BCUT2D eigenvalue weighted by atomic mass is 35.5. The first kappa shape index (κ1) is 16.0. The van der Waals surface area contributed by atoms with Gasteiger partial charge in [-0.05, 0) is 31.2 Å². The van der Waals surface area contributed by atoms with Gasteiger partial charge in [0, 0.05) is 24.7 Å². The smallest absolute Gasteiger partial charge is 0.335 e. The molecular weight excluding hydrogens is 266 g/mol. The van der Waals surface area contributed by atoms with Crippen molar-refractivity contribution in [2.75, 3.05) is 26.3 Å². The molecule has 0 saturated heterocycles. The molecule has 106 valence electrons. The standard InChI is InChI=1S/C14H20ClNO3/c1-3-16(7-8-19-4-2)10-12-6-5-11(14(17)18)9-13(12)15/h5-6,9H,3-4,7-8,10H2,1-2H3,(H,17,18). The van der Waals surface area contributed by atoms with E-state index in [2.05, 4.69) is 11.8 Å². The van der Waals surface area contributed by atoms with E-state index in [1.54, 1.807) is 12.1 Å². The Morgan fingerprint density at radius 2 is 2.16 bits per heavy atom. The van der Waals surface area contributed by atoms with Crippen molar-refractivity contribution >= 4 is 17.6 Å². The molecule has 5 heteroatoms. The summed E-state index contributed by atoms with van der Waals surface area (Å²) >= 11 is 6.11. The number of carbonyl (C=O) groups is 1. The average Bonchev–Trinajstić information content (AvgIpc) is 2.39. The van der Waals surface area contributed by atoms with Crippen LogP contribution in [0, 0.1) is 0 Å². The van der Waals surface area contributed by atoms with Gasteiger partial charge in [0.2, 0.25) is 0 Å². The fourth-order valence-electron chi connectivity index (χ4n) is 1.74. The SMILES string of the molecule is CCOCCN(CC)Cc1ccc(C(=O)O)cc1Cl. The lowest BCUT2D eigenvalue weighted by Gasteiger charge is -2.21. The van der Waals surface area contributed by atoms with Gasteiger partial charge in [-0.25, -0.2) is 4.79 Å². The van der Waals surface area contributed by atoms with E-state index in [0.29, 0.717) is 24.8 Å². The van der Waals surface area contributed by atoms with Gasteiger partial charge in [-0.2, -0.15) is 0 Å². The number of hydrogen-bond acceptors (Lipinski definition) is 3. The number of rotatable bonds is 8. The molecule has 1 rings (SSSR count). The predicted octanol–water partition coefficient (Wildman–Crippen LogP) is 2.90. The Bertz CT molecular complexity index is 423. The largest absolute Gasteiger partial charge is 0.478 e. The summed E-state index contributed by atoms with van der Waals surface area (Å²) < 4.78 is 5.33. The number of hydrogen-bond donors (Lipinski definition) is 1. The maximum absolute atomic E-state index is 10.8. The number of carboxylic acids is 1. The molecule has 0 aliphatic rings. The minimum Gasteiger partial charge on any atom is -0.478 e. The summed E-state index contributed by atoms with van der Waals surface area (Å²) in [5.41, 5.74) is 1.15. The van der Waals surface area contributed by atoms with Crippen LogP contribution in [0.5, 0.6) is 0 Å². The summed E-state index contributed by atoms with van der Waals surface area (Å²) in [5.74, 6) is -0.961. The van der Waals surface area contributed by atoms with E-state index >= 15 is 0 Å². The van der Waals surface area contributed by atoms with Gasteiger partial charge in [0.1, 0.15) is 0 Å². The van der Waals surface area contributed by atoms with Crippen molar-refractivity contribution in [2.45, 2.75) is 20.4 Å². The van der Waals surface area contributed by atoms with Gasteiger partial charge >= 0.3 is 5.97 Å². The third-order valence-electron chi connectivity index (χ3n) is 2.90. The number of ether oxygens (including phenoxy) is 1. The van der Waals surface area contributed by atoms with E-state index < -0.39 is 5.97 Å². The lowest BCUT2D eigenvalue weighted by molar-refractivity contribution is 0.0697. The fraction of sp³-hybridized carbons (Fsp3) is 0.500. The van der Waals surface area contributed by atoms with Crippen molar-refractivity contribution in [1.29, 1.82) is 0 Å². The molecule has 0 amide bonds. The molecule has 0 saturated carbocycles. The number of halogens is 1. The third kappa shape index (κ3) is 5.19. The topological polar surface area (TPSA) is 49.8 Å². The molecule has 0 unspecified atom stereocenters. The summed E-state index contributed by atoms with van der Waals surface area (Å²) in [4.78, 5) is 13.0. The second-order valence-corrected chi connectivity index (χ2v) is 4.58. The Balaban J connectivity index is 2.66. The van der Waals surface area contributed by atoms with Gasteiger partial charge in [-0.15, -0.1) is 0 Å². The van der Waals surface area contributed by atoms with Crippen LogP contribution in [0.2, 0.25) is 5.02 Å². The van der Waals surface area contributed by atoms with Crippen LogP contribution < -0.4 is 0 Å². The highest BCUT2D eigenvalue weighted by Crippen LogP contribution is 2.19. The van der Waals surface area contributed by atoms with Crippen LogP contribution in [-0.4, -0.2) is 42.3 Å². The summed E-state index contributed by atoms with van der Waals surface area (Å²) in [5, 5.41) is 9.38. The first-order chi connectivity index (χ1) is 9.08. The zero-order valence-corrected chi connectivity index (χ0v) is 12.1. The van der Waals surface area contributed by atoms with Gasteiger partial charge < -0.3 is 9.84 Å². The van der Waals surface area contributed by atoms with Gasteiger partial charge in [-0.3, -0.25) is 4.90 Å². The van der Waals surface area contributed by atoms with E-state index in [9.17, 15) is 4.79 Å². The van der Waals surface area contributed by atoms with Gasteiger partial charge in [-0.1, -0.05) is 24.6 Å². The van der Waals surface area contributed by atoms with Crippen LogP contribution in [0.1, 0.15) is 29.8 Å². The lowest BCUT2D eigenvalue weighted by Crippen LogP contribution is -2.27. The number of aromatic carboxylic acids is 1. The van der Waals surface area contributed by atoms with Crippen molar-refractivity contribution < 1.29 is 14.6 Å². The summed E-state index contributed by atoms with van der Waals surface area (Å²) in [6.45, 7) is 7.87. The second kappa shape index (κ2) is 8.15. The van der Waals surface area contributed by atoms with Gasteiger partial charge in [0.05, 0.1) is 12.2 Å². The van der Waals surface area contributed by atoms with E-state index in [0.717, 1.165) is 18.7 Å². The molecule has 1 N–H and O–H groups in total. The highest BCUT2D eigenvalue weighted by molar-refractivity contribution is 6.31. The maximum Gasteiger partial charge on any atom is 0.335 e. The van der Waals surface area contributed by atoms with E-state index in [1.807, 2.05) is 6.92 Å². The summed E-state index contributed by atoms with van der Waals surface area (Å²) in [7, 11) is 0. The Hall–Kier alpha value is -1.10. The summed E-state index contributed by atoms with van der Waals surface area (Å²) in [6, 6.07) is 4.85. The van der Waals surface area contributed by atoms with Crippen molar-refractivity contribution in [3.05, 3.63) is 34.3 Å². The van der Waals surface area contributed by atoms with Crippen molar-refractivity contribution in [2.24, 2.45) is 0 Å². The zero-order valence-electron chi connectivity index (χ0n) is 11.4. The molecule has 0 radical (unpaired) electrons. The minimum atomic E-state index is -0.961. The number of benzene rings is 1. The molecule has 0 spiro atoms. The molecule has 1 aromatic carbocycles. The second-order valence-electron chi connectivity index (χ2n) is 4.18. The molecule has 0 heterocycles. The highest BCUT2D eigenvalue weighted by Gasteiger charge is 2.10. The lowest BCUT2D eigenvalue weighted by atomic mass is 10.1. The van der Waals surface area contributed by atoms with Gasteiger partial charge in [0.15, 0.2) is 0 Å². The fourth-order valence-corrected chi connectivity index (χ4v) is 1.98. The number of likely N-dealkylation sites (N-methyl/N-ethyl adjacent to an activating group) is 1. The maximum atomic E-state index is 10.8. The summed E-state index contributed by atoms with van der Waals surface area (Å²) in [6.07, 6.45) is 0. The van der Waals surface area contributed by atoms with E-state index in [4.69, 9.17) is 21.4 Å². The van der Waals surface area contributed by atoms with Crippen LogP contribution in [0.15, 0.2) is 18.2 Å². The molecule has 1 aromatic rings. The van der Waals surface area contributed by atoms with Crippen LogP contribution in [0.4, 0.5) is 0 Å². The van der Waals surface area contributed by atoms with E-state index in [1.165, 1.54) is 6.07 Å². The normalized spacial score (nSPS) is 10.9. The molecule has 0 fully saturated rings. The van der Waals surface area contributed by atoms with Crippen LogP contribution >= 0.6 is 11.6 Å². The first-order valence-corrected chi connectivity index (χ1v) is 6.78. The van der Waals surface area contributed by atoms with Gasteiger partial charge in [0.25, 0.3) is 0 Å². The quantitative estimate of drug-likeness (QED) is 0.746. The molecule has 4 nitrogen and oxygen atoms in total. The Morgan fingerprint density at radius 1 is 1.42 bits per heavy atom. The van der Waals surface area contributed by atoms with Crippen LogP contribution in [-0.2, 0) is 11.3 Å². The molecule has 0 aromatic heterocycles. The van der Waals surface area contributed by atoms with Crippen molar-refractivity contribution in [3.8, 4) is 0 Å². The molecular formula is C14H20ClNO3. The molecule has 0 aliphatic carbocycles. The van der Waals surface area contributed by atoms with Crippen molar-refractivity contribution in [3.63, 3.8) is 0 Å². The average molecular weight is 286 g/mol. The Labute approximate surface area is 118 Å². The third-order valence-corrected chi connectivity index (χ3v) is 3.25. The Morgan fingerprint density at radius 3 is 2.68 bits per heavy atom. The molecule has 0 atom stereocenters. The zero-order chi connectivity index (χ0) is 14.3. The predicted molar refractivity (Wildman–Crippen MR) is 75.9 cm³/mol. The molecule has 19 heavy (non-hydrogen) atoms.